The lowest BCUT2D eigenvalue weighted by atomic mass is 9.98. The van der Waals surface area contributed by atoms with Crippen LogP contribution in [0.5, 0.6) is 0 Å². The molecular formula is C21H26N4O4S. The van der Waals surface area contributed by atoms with Gasteiger partial charge in [0.25, 0.3) is 0 Å². The van der Waals surface area contributed by atoms with Gasteiger partial charge in [-0.05, 0) is 43.4 Å². The molecule has 2 heterocycles. The van der Waals surface area contributed by atoms with E-state index in [1.54, 1.807) is 6.07 Å². The summed E-state index contributed by atoms with van der Waals surface area (Å²) in [5.74, 6) is -1.24. The maximum atomic E-state index is 12.6. The van der Waals surface area contributed by atoms with Crippen LogP contribution in [0.4, 0.5) is 0 Å². The molecule has 0 bridgehead atoms. The summed E-state index contributed by atoms with van der Waals surface area (Å²) >= 11 is 0. The van der Waals surface area contributed by atoms with E-state index in [1.165, 1.54) is 22.8 Å². The second-order valence-corrected chi connectivity index (χ2v) is 9.29. The number of carbonyl (C=O) groups is 2. The van der Waals surface area contributed by atoms with Gasteiger partial charge in [0, 0.05) is 32.0 Å². The van der Waals surface area contributed by atoms with Gasteiger partial charge in [0.2, 0.25) is 10.0 Å². The van der Waals surface area contributed by atoms with Crippen molar-refractivity contribution in [3.63, 3.8) is 0 Å². The molecule has 1 atom stereocenters. The quantitative estimate of drug-likeness (QED) is 0.675. The summed E-state index contributed by atoms with van der Waals surface area (Å²) in [5, 5.41) is 5.35. The number of nitrogens with zero attached hydrogens (tertiary/aromatic N) is 2. The Hall–Kier alpha value is -2.78. The Morgan fingerprint density at radius 1 is 1.10 bits per heavy atom. The van der Waals surface area contributed by atoms with Crippen molar-refractivity contribution in [2.24, 2.45) is 5.92 Å². The lowest BCUT2D eigenvalue weighted by Crippen LogP contribution is -2.45. The van der Waals surface area contributed by atoms with Crippen LogP contribution in [0.15, 0.2) is 59.8 Å². The summed E-state index contributed by atoms with van der Waals surface area (Å²) in [6.07, 6.45) is 4.10. The third kappa shape index (κ3) is 5.43. The molecule has 160 valence electrons. The molecule has 0 spiro atoms. The smallest absolute Gasteiger partial charge is 0.309 e. The van der Waals surface area contributed by atoms with E-state index in [1.807, 2.05) is 37.3 Å². The Labute approximate surface area is 176 Å². The van der Waals surface area contributed by atoms with Crippen molar-refractivity contribution in [2.45, 2.75) is 30.7 Å². The third-order valence-electron chi connectivity index (χ3n) is 5.25. The molecule has 8 nitrogen and oxygen atoms in total. The van der Waals surface area contributed by atoms with E-state index in [2.05, 4.69) is 15.6 Å². The largest absolute Gasteiger partial charge is 0.348 e. The van der Waals surface area contributed by atoms with Crippen LogP contribution in [-0.2, 0) is 19.6 Å². The molecule has 0 aliphatic carbocycles. The molecule has 1 aromatic heterocycles. The average molecular weight is 431 g/mol. The number of rotatable bonds is 6. The highest BCUT2D eigenvalue weighted by atomic mass is 32.2. The minimum absolute atomic E-state index is 0.119. The molecule has 1 aromatic carbocycles. The van der Waals surface area contributed by atoms with Gasteiger partial charge in [-0.3, -0.25) is 14.6 Å². The number of sulfonamides is 1. The second-order valence-electron chi connectivity index (χ2n) is 7.35. The van der Waals surface area contributed by atoms with E-state index in [0.29, 0.717) is 32.5 Å². The summed E-state index contributed by atoms with van der Waals surface area (Å²) in [6, 6.07) is 12.3. The number of amides is 2. The first-order valence-corrected chi connectivity index (χ1v) is 11.4. The average Bonchev–Trinajstić information content (AvgIpc) is 2.78. The molecular weight excluding hydrogens is 404 g/mol. The normalized spacial score (nSPS) is 16.6. The number of pyridine rings is 1. The van der Waals surface area contributed by atoms with Crippen LogP contribution in [-0.4, -0.2) is 49.2 Å². The molecule has 1 aliphatic rings. The van der Waals surface area contributed by atoms with E-state index in [9.17, 15) is 18.0 Å². The van der Waals surface area contributed by atoms with E-state index in [4.69, 9.17) is 0 Å². The minimum Gasteiger partial charge on any atom is -0.348 e. The summed E-state index contributed by atoms with van der Waals surface area (Å²) < 4.78 is 26.7. The summed E-state index contributed by atoms with van der Waals surface area (Å²) in [4.78, 5) is 28.3. The number of hydrogen-bond donors (Lipinski definition) is 2. The summed E-state index contributed by atoms with van der Waals surface area (Å²) in [5.41, 5.74) is 0.917. The number of aromatic nitrogens is 1. The lowest BCUT2D eigenvalue weighted by Gasteiger charge is -2.31. The van der Waals surface area contributed by atoms with Gasteiger partial charge in [-0.25, -0.2) is 8.42 Å². The zero-order valence-corrected chi connectivity index (χ0v) is 17.6. The van der Waals surface area contributed by atoms with E-state index >= 15 is 0 Å². The molecule has 9 heteroatoms. The molecule has 0 saturated carbocycles. The molecule has 3 rings (SSSR count). The number of benzene rings is 1. The Morgan fingerprint density at radius 2 is 1.80 bits per heavy atom. The van der Waals surface area contributed by atoms with Crippen molar-refractivity contribution in [2.75, 3.05) is 19.6 Å². The van der Waals surface area contributed by atoms with Crippen LogP contribution in [0.25, 0.3) is 0 Å². The third-order valence-corrected chi connectivity index (χ3v) is 7.13. The first-order valence-electron chi connectivity index (χ1n) is 9.91. The van der Waals surface area contributed by atoms with Gasteiger partial charge in [0.05, 0.1) is 6.04 Å². The lowest BCUT2D eigenvalue weighted by molar-refractivity contribution is -0.139. The topological polar surface area (TPSA) is 108 Å². The molecule has 1 aliphatic heterocycles. The maximum absolute atomic E-state index is 12.6. The van der Waals surface area contributed by atoms with E-state index < -0.39 is 21.8 Å². The summed E-state index contributed by atoms with van der Waals surface area (Å²) in [7, 11) is -3.55. The first-order chi connectivity index (χ1) is 14.4. The van der Waals surface area contributed by atoms with Gasteiger partial charge in [-0.15, -0.1) is 0 Å². The van der Waals surface area contributed by atoms with Gasteiger partial charge in [-0.1, -0.05) is 30.3 Å². The predicted octanol–water partition coefficient (Wildman–Crippen LogP) is 1.48. The minimum atomic E-state index is -3.55. The molecule has 1 saturated heterocycles. The standard InChI is InChI=1S/C21H26N4O4S/c1-16(18-6-3-2-4-7-18)24-21(27)20(26)23-14-17-9-12-25(13-10-17)30(28,29)19-8-5-11-22-15-19/h2-8,11,15-17H,9-10,12-14H2,1H3,(H,23,26)(H,24,27)/t16-/m0/s1. The molecule has 0 radical (unpaired) electrons. The zero-order chi connectivity index (χ0) is 21.6. The van der Waals surface area contributed by atoms with Crippen molar-refractivity contribution in [3.8, 4) is 0 Å². The van der Waals surface area contributed by atoms with Gasteiger partial charge in [-0.2, -0.15) is 4.31 Å². The van der Waals surface area contributed by atoms with Gasteiger partial charge < -0.3 is 10.6 Å². The molecule has 2 amide bonds. The Bertz CT molecular complexity index is 959. The molecule has 2 N–H and O–H groups in total. The van der Waals surface area contributed by atoms with Crippen molar-refractivity contribution in [3.05, 3.63) is 60.4 Å². The predicted molar refractivity (Wildman–Crippen MR) is 112 cm³/mol. The Balaban J connectivity index is 1.44. The number of hydrogen-bond acceptors (Lipinski definition) is 5. The monoisotopic (exact) mass is 430 g/mol. The number of nitrogens with one attached hydrogen (secondary N) is 2. The first kappa shape index (κ1) is 21.9. The van der Waals surface area contributed by atoms with E-state index in [-0.39, 0.29) is 16.9 Å². The molecule has 0 unspecified atom stereocenters. The molecule has 2 aromatic rings. The molecule has 30 heavy (non-hydrogen) atoms. The fraction of sp³-hybridized carbons (Fsp3) is 0.381. The number of carbonyl (C=O) groups excluding carboxylic acids is 2. The van der Waals surface area contributed by atoms with Crippen LogP contribution in [0.1, 0.15) is 31.4 Å². The number of piperidine rings is 1. The fourth-order valence-electron chi connectivity index (χ4n) is 3.41. The highest BCUT2D eigenvalue weighted by molar-refractivity contribution is 7.89. The van der Waals surface area contributed by atoms with Gasteiger partial charge >= 0.3 is 11.8 Å². The highest BCUT2D eigenvalue weighted by Crippen LogP contribution is 2.23. The van der Waals surface area contributed by atoms with Gasteiger partial charge in [0.1, 0.15) is 4.90 Å². The fourth-order valence-corrected chi connectivity index (χ4v) is 4.84. The maximum Gasteiger partial charge on any atom is 0.309 e. The van der Waals surface area contributed by atoms with Crippen molar-refractivity contribution >= 4 is 21.8 Å². The SMILES string of the molecule is C[C@H](NC(=O)C(=O)NCC1CCN(S(=O)(=O)c2cccnc2)CC1)c1ccccc1. The Kier molecular flexibility index (Phi) is 7.17. The van der Waals surface area contributed by atoms with Crippen LogP contribution in [0.3, 0.4) is 0 Å². The van der Waals surface area contributed by atoms with Crippen molar-refractivity contribution in [1.82, 2.24) is 19.9 Å². The second kappa shape index (κ2) is 9.82. The summed E-state index contributed by atoms with van der Waals surface area (Å²) in [6.45, 7) is 2.90. The van der Waals surface area contributed by atoms with Crippen molar-refractivity contribution < 1.29 is 18.0 Å². The van der Waals surface area contributed by atoms with Crippen LogP contribution in [0.2, 0.25) is 0 Å². The highest BCUT2D eigenvalue weighted by Gasteiger charge is 2.30. The van der Waals surface area contributed by atoms with Crippen molar-refractivity contribution in [1.29, 1.82) is 0 Å². The zero-order valence-electron chi connectivity index (χ0n) is 16.8. The Morgan fingerprint density at radius 3 is 2.43 bits per heavy atom. The van der Waals surface area contributed by atoms with Crippen LogP contribution < -0.4 is 10.6 Å². The molecule has 1 fully saturated rings. The van der Waals surface area contributed by atoms with Gasteiger partial charge in [0.15, 0.2) is 0 Å². The van der Waals surface area contributed by atoms with Crippen LogP contribution >= 0.6 is 0 Å². The van der Waals surface area contributed by atoms with Crippen LogP contribution in [0, 0.1) is 5.92 Å². The van der Waals surface area contributed by atoms with E-state index in [0.717, 1.165) is 5.56 Å².